The second kappa shape index (κ2) is 13.2. The smallest absolute Gasteiger partial charge is 0.234 e. The highest BCUT2D eigenvalue weighted by Crippen LogP contribution is 2.61. The summed E-state index contributed by atoms with van der Waals surface area (Å²) >= 11 is 0. The Hall–Kier alpha value is -2.16. The van der Waals surface area contributed by atoms with Gasteiger partial charge in [-0.2, -0.15) is 0 Å². The molecule has 3 aliphatic heterocycles. The number of allylic oxidation sites excluding steroid dienone is 3. The zero-order chi connectivity index (χ0) is 28.1. The highest BCUT2D eigenvalue weighted by atomic mass is 19.1. The molecule has 3 heterocycles. The number of hydrogen-bond donors (Lipinski definition) is 6. The Kier molecular flexibility index (Phi) is 9.69. The maximum absolute atomic E-state index is 15.3. The van der Waals surface area contributed by atoms with E-state index in [9.17, 15) is 4.79 Å². The van der Waals surface area contributed by atoms with Crippen LogP contribution in [0.2, 0.25) is 0 Å². The van der Waals surface area contributed by atoms with Crippen molar-refractivity contribution in [3.8, 4) is 0 Å². The van der Waals surface area contributed by atoms with E-state index in [4.69, 9.17) is 5.73 Å². The zero-order valence-corrected chi connectivity index (χ0v) is 24.5. The van der Waals surface area contributed by atoms with Gasteiger partial charge in [0, 0.05) is 36.4 Å². The fourth-order valence-electron chi connectivity index (χ4n) is 7.76. The van der Waals surface area contributed by atoms with Gasteiger partial charge in [0.2, 0.25) is 5.91 Å². The van der Waals surface area contributed by atoms with Crippen molar-refractivity contribution in [2.24, 2.45) is 40.7 Å². The van der Waals surface area contributed by atoms with Crippen LogP contribution >= 0.6 is 0 Å². The van der Waals surface area contributed by atoms with E-state index in [1.807, 2.05) is 12.3 Å². The summed E-state index contributed by atoms with van der Waals surface area (Å²) in [5.41, 5.74) is 16.4. The lowest BCUT2D eigenvalue weighted by molar-refractivity contribution is -0.124. The van der Waals surface area contributed by atoms with Crippen LogP contribution in [0.4, 0.5) is 4.39 Å². The summed E-state index contributed by atoms with van der Waals surface area (Å²) in [6.45, 7) is 6.79. The molecule has 1 saturated heterocycles. The van der Waals surface area contributed by atoms with Crippen molar-refractivity contribution >= 4 is 5.91 Å². The lowest BCUT2D eigenvalue weighted by atomic mass is 9.71. The van der Waals surface area contributed by atoms with Gasteiger partial charge in [-0.25, -0.2) is 4.39 Å². The number of fused-ring (bicyclic) bond motifs is 4. The number of carbonyl (C=O) groups excluding carboxylic acids is 1. The van der Waals surface area contributed by atoms with Gasteiger partial charge in [0.25, 0.3) is 0 Å². The number of hydrogen-bond acceptors (Lipinski definition) is 6. The number of nitrogens with one attached hydrogen (secondary N) is 5. The third-order valence-electron chi connectivity index (χ3n) is 10.2. The molecule has 0 aromatic rings. The molecule has 7 N–H and O–H groups in total. The van der Waals surface area contributed by atoms with Gasteiger partial charge in [-0.05, 0) is 85.6 Å². The monoisotopic (exact) mass is 554 g/mol. The first-order valence-electron chi connectivity index (χ1n) is 15.9. The normalized spacial score (nSPS) is 38.6. The lowest BCUT2D eigenvalue weighted by Crippen LogP contribution is -2.51. The molecule has 0 aromatic carbocycles. The molecule has 2 bridgehead atoms. The minimum absolute atomic E-state index is 0.0444. The predicted molar refractivity (Wildman–Crippen MR) is 159 cm³/mol. The Bertz CT molecular complexity index is 1030. The number of carbonyl (C=O) groups is 1. The number of halogens is 1. The van der Waals surface area contributed by atoms with Crippen molar-refractivity contribution in [3.05, 3.63) is 47.2 Å². The molecule has 7 atom stereocenters. The molecule has 5 aliphatic rings. The van der Waals surface area contributed by atoms with Gasteiger partial charge < -0.3 is 21.7 Å². The fraction of sp³-hybridized carbons (Fsp3) is 0.719. The van der Waals surface area contributed by atoms with Gasteiger partial charge in [0.05, 0.1) is 19.0 Å². The van der Waals surface area contributed by atoms with E-state index in [0.29, 0.717) is 24.3 Å². The van der Waals surface area contributed by atoms with E-state index < -0.39 is 5.92 Å². The quantitative estimate of drug-likeness (QED) is 0.263. The van der Waals surface area contributed by atoms with Crippen molar-refractivity contribution < 1.29 is 9.18 Å². The molecule has 3 fully saturated rings. The van der Waals surface area contributed by atoms with E-state index in [1.165, 1.54) is 12.0 Å². The third-order valence-corrected chi connectivity index (χ3v) is 10.2. The fourth-order valence-corrected chi connectivity index (χ4v) is 7.76. The largest absolute Gasteiger partial charge is 0.385 e. The number of rotatable bonds is 7. The van der Waals surface area contributed by atoms with Crippen molar-refractivity contribution in [2.75, 3.05) is 26.2 Å². The Morgan fingerprint density at radius 3 is 2.85 bits per heavy atom. The lowest BCUT2D eigenvalue weighted by Gasteiger charge is -2.38. The van der Waals surface area contributed by atoms with Crippen molar-refractivity contribution in [3.63, 3.8) is 0 Å². The Balaban J connectivity index is 1.45. The zero-order valence-electron chi connectivity index (χ0n) is 24.5. The third kappa shape index (κ3) is 6.82. The summed E-state index contributed by atoms with van der Waals surface area (Å²) in [6, 6.07) is -0.319. The van der Waals surface area contributed by atoms with Gasteiger partial charge in [-0.15, -0.1) is 0 Å². The van der Waals surface area contributed by atoms with Crippen molar-refractivity contribution in [2.45, 2.75) is 84.1 Å². The van der Waals surface area contributed by atoms with Crippen LogP contribution in [0.5, 0.6) is 0 Å². The number of nitrogens with two attached hydrogens (primary N) is 1. The van der Waals surface area contributed by atoms with E-state index >= 15 is 4.39 Å². The first-order valence-corrected chi connectivity index (χ1v) is 15.9. The standard InChI is InChI=1S/C32H51FN6O/c1-3-4-5-6-10-27-29(31(40)39-28-20-35-13-12-25(28)23-11-14-37-38-18-23)30(34)22-9-7-8-21(15-22)26-17-32(26,2)16-24(33)19-36-27/h10,12-13,16,21-23,26,29-30,35-38H,3-9,11,14-15,17-20,34H2,1-2H3,(H,39,40)/b24-16+,27-10-/t21?,22?,23?,26?,29?,30?,32-/m0/s1. The first kappa shape index (κ1) is 29.3. The summed E-state index contributed by atoms with van der Waals surface area (Å²) in [6.07, 6.45) is 18.7. The minimum Gasteiger partial charge on any atom is -0.385 e. The molecular formula is C32H51FN6O. The van der Waals surface area contributed by atoms with E-state index in [-0.39, 0.29) is 35.7 Å². The SMILES string of the molecule is CCCCC/C=C1\NC/C(F)=C\[C@@]2(C)CC2C2CCCC(C2)C(N)C1C(=O)NC1=C(C2CCNNC2)C=CNC1. The molecule has 2 aliphatic carbocycles. The molecule has 0 aromatic heterocycles. The molecule has 2 saturated carbocycles. The highest BCUT2D eigenvalue weighted by molar-refractivity contribution is 5.84. The molecule has 222 valence electrons. The second-order valence-corrected chi connectivity index (χ2v) is 13.1. The molecular weight excluding hydrogens is 503 g/mol. The van der Waals surface area contributed by atoms with Gasteiger partial charge in [-0.1, -0.05) is 45.6 Å². The molecule has 0 radical (unpaired) electrons. The van der Waals surface area contributed by atoms with Crippen LogP contribution < -0.4 is 32.5 Å². The van der Waals surface area contributed by atoms with Crippen LogP contribution in [-0.2, 0) is 4.79 Å². The van der Waals surface area contributed by atoms with E-state index in [1.54, 1.807) is 0 Å². The number of amides is 1. The van der Waals surface area contributed by atoms with E-state index in [2.05, 4.69) is 52.8 Å². The number of unbranched alkanes of at least 4 members (excludes halogenated alkanes) is 3. The first-order chi connectivity index (χ1) is 19.4. The van der Waals surface area contributed by atoms with Gasteiger partial charge in [0.1, 0.15) is 5.83 Å². The molecule has 5 rings (SSSR count). The Morgan fingerprint density at radius 1 is 1.20 bits per heavy atom. The van der Waals surface area contributed by atoms with Crippen molar-refractivity contribution in [1.29, 1.82) is 0 Å². The van der Waals surface area contributed by atoms with Crippen LogP contribution in [-0.4, -0.2) is 38.1 Å². The van der Waals surface area contributed by atoms with Crippen LogP contribution in [0.15, 0.2) is 47.2 Å². The number of hydrazine groups is 1. The van der Waals surface area contributed by atoms with Crippen molar-refractivity contribution in [1.82, 2.24) is 26.8 Å². The Labute approximate surface area is 240 Å². The molecule has 0 spiro atoms. The maximum atomic E-state index is 15.3. The summed E-state index contributed by atoms with van der Waals surface area (Å²) in [5, 5.41) is 9.99. The average molecular weight is 555 g/mol. The summed E-state index contributed by atoms with van der Waals surface area (Å²) in [7, 11) is 0. The molecule has 1 amide bonds. The van der Waals surface area contributed by atoms with E-state index in [0.717, 1.165) is 82.3 Å². The Morgan fingerprint density at radius 2 is 2.05 bits per heavy atom. The summed E-state index contributed by atoms with van der Waals surface area (Å²) in [5.74, 6) is 0.932. The van der Waals surface area contributed by atoms with Crippen LogP contribution in [0.3, 0.4) is 0 Å². The van der Waals surface area contributed by atoms with Crippen LogP contribution in [0.1, 0.15) is 78.1 Å². The molecule has 7 nitrogen and oxygen atoms in total. The molecule has 8 heteroatoms. The molecule has 6 unspecified atom stereocenters. The summed E-state index contributed by atoms with van der Waals surface area (Å²) in [4.78, 5) is 14.3. The van der Waals surface area contributed by atoms with Gasteiger partial charge in [-0.3, -0.25) is 15.6 Å². The maximum Gasteiger partial charge on any atom is 0.234 e. The second-order valence-electron chi connectivity index (χ2n) is 13.1. The molecule has 40 heavy (non-hydrogen) atoms. The topological polar surface area (TPSA) is 103 Å². The predicted octanol–water partition coefficient (Wildman–Crippen LogP) is 4.28. The number of dihydropyridines is 1. The van der Waals surface area contributed by atoms with Gasteiger partial charge in [0.15, 0.2) is 0 Å². The minimum atomic E-state index is -0.547. The van der Waals surface area contributed by atoms with Crippen LogP contribution in [0, 0.1) is 35.0 Å². The van der Waals surface area contributed by atoms with Gasteiger partial charge >= 0.3 is 0 Å². The summed E-state index contributed by atoms with van der Waals surface area (Å²) < 4.78 is 15.3. The highest BCUT2D eigenvalue weighted by Gasteiger charge is 2.54. The average Bonchev–Trinajstić information content (AvgIpc) is 3.64. The van der Waals surface area contributed by atoms with Crippen LogP contribution in [0.25, 0.3) is 0 Å².